The van der Waals surface area contributed by atoms with Crippen molar-refractivity contribution in [3.05, 3.63) is 22.6 Å². The van der Waals surface area contributed by atoms with Crippen molar-refractivity contribution >= 4 is 6.29 Å². The molecule has 1 aromatic heterocycles. The van der Waals surface area contributed by atoms with Gasteiger partial charge in [-0.05, 0) is 25.8 Å². The van der Waals surface area contributed by atoms with Crippen LogP contribution < -0.4 is 0 Å². The maximum atomic E-state index is 10.6. The van der Waals surface area contributed by atoms with Gasteiger partial charge in [-0.1, -0.05) is 19.8 Å². The van der Waals surface area contributed by atoms with Crippen LogP contribution in [-0.2, 0) is 6.42 Å². The lowest BCUT2D eigenvalue weighted by Gasteiger charge is -1.97. The van der Waals surface area contributed by atoms with Gasteiger partial charge in [-0.2, -0.15) is 0 Å². The summed E-state index contributed by atoms with van der Waals surface area (Å²) >= 11 is 0. The summed E-state index contributed by atoms with van der Waals surface area (Å²) in [4.78, 5) is 10.6. The fraction of sp³-hybridized carbons (Fsp3) is 0.583. The number of hydrogen-bond donors (Lipinski definition) is 0. The summed E-state index contributed by atoms with van der Waals surface area (Å²) in [7, 11) is 0. The summed E-state index contributed by atoms with van der Waals surface area (Å²) in [5.74, 6) is 1.48. The summed E-state index contributed by atoms with van der Waals surface area (Å²) in [5, 5.41) is 0. The van der Waals surface area contributed by atoms with Gasteiger partial charge in [0.2, 0.25) is 0 Å². The summed E-state index contributed by atoms with van der Waals surface area (Å²) in [6, 6.07) is 0. The average molecular weight is 194 g/mol. The lowest BCUT2D eigenvalue weighted by atomic mass is 10.1. The Morgan fingerprint density at radius 3 is 2.43 bits per heavy atom. The normalized spacial score (nSPS) is 10.5. The van der Waals surface area contributed by atoms with E-state index in [2.05, 4.69) is 6.92 Å². The number of unbranched alkanes of at least 4 members (excludes halogenated alkanes) is 2. The van der Waals surface area contributed by atoms with Crippen molar-refractivity contribution in [1.29, 1.82) is 0 Å². The molecule has 1 heterocycles. The van der Waals surface area contributed by atoms with Gasteiger partial charge in [0, 0.05) is 12.0 Å². The third-order valence-corrected chi connectivity index (χ3v) is 2.70. The van der Waals surface area contributed by atoms with E-state index >= 15 is 0 Å². The van der Waals surface area contributed by atoms with Crippen molar-refractivity contribution in [3.8, 4) is 0 Å². The molecule has 0 bridgehead atoms. The Morgan fingerprint density at radius 2 is 1.93 bits per heavy atom. The molecule has 0 aliphatic carbocycles. The molecule has 0 atom stereocenters. The van der Waals surface area contributed by atoms with Gasteiger partial charge >= 0.3 is 0 Å². The highest BCUT2D eigenvalue weighted by atomic mass is 16.3. The third kappa shape index (κ3) is 2.25. The van der Waals surface area contributed by atoms with Crippen molar-refractivity contribution in [2.45, 2.75) is 46.5 Å². The molecule has 0 aliphatic heterocycles. The molecular formula is C12H18O2. The molecule has 2 nitrogen and oxygen atoms in total. The van der Waals surface area contributed by atoms with Crippen LogP contribution >= 0.6 is 0 Å². The van der Waals surface area contributed by atoms with Gasteiger partial charge in [0.1, 0.15) is 5.76 Å². The first-order chi connectivity index (χ1) is 6.70. The van der Waals surface area contributed by atoms with Gasteiger partial charge < -0.3 is 4.42 Å². The van der Waals surface area contributed by atoms with Crippen LogP contribution in [-0.4, -0.2) is 6.29 Å². The van der Waals surface area contributed by atoms with E-state index in [-0.39, 0.29) is 0 Å². The molecule has 0 spiro atoms. The Balaban J connectivity index is 2.72. The van der Waals surface area contributed by atoms with Crippen LogP contribution in [0.4, 0.5) is 0 Å². The molecule has 14 heavy (non-hydrogen) atoms. The highest BCUT2D eigenvalue weighted by Gasteiger charge is 2.11. The molecule has 1 aromatic rings. The predicted octanol–water partition coefficient (Wildman–Crippen LogP) is 3.44. The molecule has 0 unspecified atom stereocenters. The van der Waals surface area contributed by atoms with E-state index in [1.54, 1.807) is 0 Å². The zero-order valence-corrected chi connectivity index (χ0v) is 9.22. The van der Waals surface area contributed by atoms with E-state index in [0.29, 0.717) is 5.76 Å². The van der Waals surface area contributed by atoms with Gasteiger partial charge in [0.15, 0.2) is 12.0 Å². The summed E-state index contributed by atoms with van der Waals surface area (Å²) in [5.41, 5.74) is 2.13. The van der Waals surface area contributed by atoms with Crippen LogP contribution in [0.15, 0.2) is 4.42 Å². The Labute approximate surface area is 85.3 Å². The van der Waals surface area contributed by atoms with E-state index in [0.717, 1.165) is 36.0 Å². The molecule has 0 saturated heterocycles. The van der Waals surface area contributed by atoms with Crippen LogP contribution in [0.3, 0.4) is 0 Å². The average Bonchev–Trinajstić information content (AvgIpc) is 2.46. The first-order valence-electron chi connectivity index (χ1n) is 5.24. The van der Waals surface area contributed by atoms with Crippen molar-refractivity contribution in [2.75, 3.05) is 0 Å². The van der Waals surface area contributed by atoms with E-state index in [1.807, 2.05) is 13.8 Å². The van der Waals surface area contributed by atoms with Crippen molar-refractivity contribution in [3.63, 3.8) is 0 Å². The van der Waals surface area contributed by atoms with Gasteiger partial charge in [-0.3, -0.25) is 4.79 Å². The molecule has 0 N–H and O–H groups in total. The molecule has 0 aliphatic rings. The van der Waals surface area contributed by atoms with Crippen LogP contribution in [0, 0.1) is 13.8 Å². The van der Waals surface area contributed by atoms with Crippen molar-refractivity contribution < 1.29 is 9.21 Å². The first kappa shape index (κ1) is 11.0. The number of aldehydes is 1. The fourth-order valence-electron chi connectivity index (χ4n) is 1.57. The monoisotopic (exact) mass is 194 g/mol. The highest BCUT2D eigenvalue weighted by Crippen LogP contribution is 2.21. The number of carbonyl (C=O) groups excluding carboxylic acids is 1. The molecule has 0 radical (unpaired) electrons. The Bertz CT molecular complexity index is 310. The Morgan fingerprint density at radius 1 is 1.21 bits per heavy atom. The zero-order chi connectivity index (χ0) is 10.6. The minimum atomic E-state index is 0.494. The minimum Gasteiger partial charge on any atom is -0.458 e. The number of aryl methyl sites for hydroxylation is 1. The fourth-order valence-corrected chi connectivity index (χ4v) is 1.57. The van der Waals surface area contributed by atoms with Crippen LogP contribution in [0.25, 0.3) is 0 Å². The molecule has 78 valence electrons. The Hall–Kier alpha value is -1.05. The smallest absolute Gasteiger partial charge is 0.185 e. The maximum Gasteiger partial charge on any atom is 0.185 e. The number of furan rings is 1. The summed E-state index contributed by atoms with van der Waals surface area (Å²) < 4.78 is 5.47. The lowest BCUT2D eigenvalue weighted by molar-refractivity contribution is 0.109. The van der Waals surface area contributed by atoms with Gasteiger partial charge in [-0.15, -0.1) is 0 Å². The van der Waals surface area contributed by atoms with Crippen LogP contribution in [0.2, 0.25) is 0 Å². The van der Waals surface area contributed by atoms with Gasteiger partial charge in [0.25, 0.3) is 0 Å². The largest absolute Gasteiger partial charge is 0.458 e. The molecule has 0 aromatic carbocycles. The third-order valence-electron chi connectivity index (χ3n) is 2.70. The maximum absolute atomic E-state index is 10.6. The Kier molecular flexibility index (Phi) is 3.93. The minimum absolute atomic E-state index is 0.494. The molecule has 0 fully saturated rings. The standard InChI is InChI=1S/C12H18O2/c1-4-5-6-7-11-9(2)10(3)12(8-13)14-11/h8H,4-7H2,1-3H3. The van der Waals surface area contributed by atoms with Gasteiger partial charge in [-0.25, -0.2) is 0 Å². The van der Waals surface area contributed by atoms with Crippen LogP contribution in [0.1, 0.15) is 53.6 Å². The second-order valence-electron chi connectivity index (χ2n) is 3.71. The second kappa shape index (κ2) is 4.99. The summed E-state index contributed by atoms with van der Waals surface area (Å²) in [6.45, 7) is 6.14. The predicted molar refractivity (Wildman–Crippen MR) is 56.8 cm³/mol. The van der Waals surface area contributed by atoms with Crippen molar-refractivity contribution in [2.24, 2.45) is 0 Å². The summed E-state index contributed by atoms with van der Waals surface area (Å²) in [6.07, 6.45) is 5.32. The molecule has 2 heteroatoms. The lowest BCUT2D eigenvalue weighted by Crippen LogP contribution is -1.85. The topological polar surface area (TPSA) is 30.2 Å². The second-order valence-corrected chi connectivity index (χ2v) is 3.71. The highest BCUT2D eigenvalue weighted by molar-refractivity contribution is 5.74. The molecular weight excluding hydrogens is 176 g/mol. The van der Waals surface area contributed by atoms with E-state index in [4.69, 9.17) is 4.42 Å². The molecule has 0 amide bonds. The first-order valence-corrected chi connectivity index (χ1v) is 5.24. The molecule has 0 saturated carbocycles. The van der Waals surface area contributed by atoms with E-state index in [1.165, 1.54) is 12.8 Å². The zero-order valence-electron chi connectivity index (χ0n) is 9.22. The van der Waals surface area contributed by atoms with E-state index < -0.39 is 0 Å². The van der Waals surface area contributed by atoms with Crippen LogP contribution in [0.5, 0.6) is 0 Å². The number of hydrogen-bond acceptors (Lipinski definition) is 2. The number of rotatable bonds is 5. The number of carbonyl (C=O) groups is 1. The molecule has 1 rings (SSSR count). The SMILES string of the molecule is CCCCCc1oc(C=O)c(C)c1C. The quantitative estimate of drug-likeness (QED) is 0.531. The van der Waals surface area contributed by atoms with E-state index in [9.17, 15) is 4.79 Å². The van der Waals surface area contributed by atoms with Crippen molar-refractivity contribution in [1.82, 2.24) is 0 Å². The van der Waals surface area contributed by atoms with Gasteiger partial charge in [0.05, 0.1) is 0 Å².